The minimum atomic E-state index is -0.0361. The molecule has 2 aliphatic heterocycles. The third-order valence-electron chi connectivity index (χ3n) is 4.57. The normalized spacial score (nSPS) is 28.7. The van der Waals surface area contributed by atoms with Gasteiger partial charge in [0, 0.05) is 19.3 Å². The smallest absolute Gasteiger partial charge is 0.255 e. The molecule has 6 nitrogen and oxygen atoms in total. The highest BCUT2D eigenvalue weighted by Crippen LogP contribution is 2.40. The fraction of sp³-hybridized carbons (Fsp3) is 0.562. The Kier molecular flexibility index (Phi) is 3.63. The van der Waals surface area contributed by atoms with Crippen molar-refractivity contribution < 1.29 is 9.26 Å². The van der Waals surface area contributed by atoms with E-state index in [0.717, 1.165) is 38.2 Å². The van der Waals surface area contributed by atoms with E-state index >= 15 is 0 Å². The average molecular weight is 300 g/mol. The lowest BCUT2D eigenvalue weighted by Gasteiger charge is -2.33. The fourth-order valence-corrected chi connectivity index (χ4v) is 3.46. The molecule has 2 aromatic heterocycles. The average Bonchev–Trinajstić information content (AvgIpc) is 3.14. The lowest BCUT2D eigenvalue weighted by Crippen LogP contribution is -2.41. The molecule has 0 bridgehead atoms. The molecule has 116 valence electrons. The SMILES string of the molecule is Cc1noc([C@H]2C[C@@H]3CCN(Cc4ccccn4)C[C@H]3O2)n1. The van der Waals surface area contributed by atoms with Crippen LogP contribution in [0.15, 0.2) is 28.9 Å². The van der Waals surface area contributed by atoms with Gasteiger partial charge in [-0.3, -0.25) is 9.88 Å². The quantitative estimate of drug-likeness (QED) is 0.865. The molecule has 2 aromatic rings. The van der Waals surface area contributed by atoms with Crippen molar-refractivity contribution in [2.45, 2.75) is 38.5 Å². The van der Waals surface area contributed by atoms with Gasteiger partial charge in [-0.25, -0.2) is 0 Å². The largest absolute Gasteiger partial charge is 0.364 e. The maximum atomic E-state index is 6.17. The van der Waals surface area contributed by atoms with E-state index in [-0.39, 0.29) is 12.2 Å². The van der Waals surface area contributed by atoms with Crippen molar-refractivity contribution in [3.8, 4) is 0 Å². The third kappa shape index (κ3) is 2.76. The van der Waals surface area contributed by atoms with Gasteiger partial charge in [0.1, 0.15) is 6.10 Å². The van der Waals surface area contributed by atoms with E-state index in [1.807, 2.05) is 25.3 Å². The first-order valence-electron chi connectivity index (χ1n) is 7.86. The molecular weight excluding hydrogens is 280 g/mol. The standard InChI is InChI=1S/C16H20N4O2/c1-11-18-16(22-19-11)14-8-12-5-7-20(10-15(12)21-14)9-13-4-2-3-6-17-13/h2-4,6,12,14-15H,5,7-10H2,1H3/t12-,14+,15+/m0/s1. The van der Waals surface area contributed by atoms with Gasteiger partial charge in [-0.05, 0) is 44.4 Å². The molecular formula is C16H20N4O2. The van der Waals surface area contributed by atoms with E-state index in [1.165, 1.54) is 0 Å². The molecule has 0 saturated carbocycles. The highest BCUT2D eigenvalue weighted by atomic mass is 16.5. The van der Waals surface area contributed by atoms with Crippen LogP contribution in [0.1, 0.15) is 36.4 Å². The van der Waals surface area contributed by atoms with E-state index < -0.39 is 0 Å². The lowest BCUT2D eigenvalue weighted by molar-refractivity contribution is -0.0192. The lowest BCUT2D eigenvalue weighted by atomic mass is 9.91. The summed E-state index contributed by atoms with van der Waals surface area (Å²) in [6.07, 6.45) is 4.22. The van der Waals surface area contributed by atoms with Crippen LogP contribution in [0.3, 0.4) is 0 Å². The van der Waals surface area contributed by atoms with Crippen LogP contribution >= 0.6 is 0 Å². The summed E-state index contributed by atoms with van der Waals surface area (Å²) in [5.41, 5.74) is 1.11. The summed E-state index contributed by atoms with van der Waals surface area (Å²) in [4.78, 5) is 11.1. The summed E-state index contributed by atoms with van der Waals surface area (Å²) in [5.74, 6) is 1.89. The first-order valence-corrected chi connectivity index (χ1v) is 7.86. The van der Waals surface area contributed by atoms with Crippen molar-refractivity contribution in [3.63, 3.8) is 0 Å². The highest BCUT2D eigenvalue weighted by Gasteiger charge is 2.41. The molecule has 22 heavy (non-hydrogen) atoms. The van der Waals surface area contributed by atoms with Crippen molar-refractivity contribution in [1.29, 1.82) is 0 Å². The zero-order valence-electron chi connectivity index (χ0n) is 12.7. The number of rotatable bonds is 3. The van der Waals surface area contributed by atoms with Crippen LogP contribution in [0, 0.1) is 12.8 Å². The van der Waals surface area contributed by atoms with E-state index in [4.69, 9.17) is 9.26 Å². The van der Waals surface area contributed by atoms with Crippen molar-refractivity contribution in [3.05, 3.63) is 41.8 Å². The summed E-state index contributed by atoms with van der Waals surface area (Å²) < 4.78 is 11.4. The van der Waals surface area contributed by atoms with Crippen molar-refractivity contribution in [2.24, 2.45) is 5.92 Å². The van der Waals surface area contributed by atoms with Gasteiger partial charge in [0.05, 0.1) is 11.8 Å². The Bertz CT molecular complexity index is 630. The summed E-state index contributed by atoms with van der Waals surface area (Å²) in [7, 11) is 0. The van der Waals surface area contributed by atoms with Crippen LogP contribution in [0.2, 0.25) is 0 Å². The zero-order chi connectivity index (χ0) is 14.9. The molecule has 0 aromatic carbocycles. The maximum Gasteiger partial charge on any atom is 0.255 e. The van der Waals surface area contributed by atoms with Gasteiger partial charge in [0.15, 0.2) is 5.82 Å². The molecule has 0 unspecified atom stereocenters. The van der Waals surface area contributed by atoms with Crippen molar-refractivity contribution >= 4 is 0 Å². The van der Waals surface area contributed by atoms with Gasteiger partial charge in [-0.15, -0.1) is 0 Å². The molecule has 2 fully saturated rings. The van der Waals surface area contributed by atoms with Crippen LogP contribution in [0.5, 0.6) is 0 Å². The predicted octanol–water partition coefficient (Wildman–Crippen LogP) is 2.13. The molecule has 4 rings (SSSR count). The van der Waals surface area contributed by atoms with Gasteiger partial charge < -0.3 is 9.26 Å². The van der Waals surface area contributed by atoms with E-state index in [2.05, 4.69) is 26.1 Å². The number of likely N-dealkylation sites (tertiary alicyclic amines) is 1. The summed E-state index contributed by atoms with van der Waals surface area (Å²) in [6, 6.07) is 6.06. The number of pyridine rings is 1. The number of aryl methyl sites for hydroxylation is 1. The second-order valence-electron chi connectivity index (χ2n) is 6.18. The number of fused-ring (bicyclic) bond motifs is 1. The Morgan fingerprint density at radius 1 is 1.36 bits per heavy atom. The number of piperidine rings is 1. The molecule has 6 heteroatoms. The van der Waals surface area contributed by atoms with E-state index in [1.54, 1.807) is 0 Å². The number of aromatic nitrogens is 3. The van der Waals surface area contributed by atoms with Gasteiger partial charge in [0.2, 0.25) is 0 Å². The van der Waals surface area contributed by atoms with Gasteiger partial charge in [0.25, 0.3) is 5.89 Å². The van der Waals surface area contributed by atoms with E-state index in [0.29, 0.717) is 17.6 Å². The van der Waals surface area contributed by atoms with Crippen LogP contribution < -0.4 is 0 Å². The Hall–Kier alpha value is -1.79. The highest BCUT2D eigenvalue weighted by molar-refractivity contribution is 5.04. The zero-order valence-corrected chi connectivity index (χ0v) is 12.7. The maximum absolute atomic E-state index is 6.17. The fourth-order valence-electron chi connectivity index (χ4n) is 3.46. The van der Waals surface area contributed by atoms with Crippen molar-refractivity contribution in [1.82, 2.24) is 20.0 Å². The van der Waals surface area contributed by atoms with Gasteiger partial charge in [-0.2, -0.15) is 4.98 Å². The van der Waals surface area contributed by atoms with Crippen LogP contribution in [0.4, 0.5) is 0 Å². The Labute approximate surface area is 129 Å². The molecule has 0 amide bonds. The van der Waals surface area contributed by atoms with Gasteiger partial charge in [-0.1, -0.05) is 11.2 Å². The summed E-state index contributed by atoms with van der Waals surface area (Å²) in [6.45, 7) is 4.77. The molecule has 0 N–H and O–H groups in total. The number of hydrogen-bond acceptors (Lipinski definition) is 6. The minimum Gasteiger partial charge on any atom is -0.364 e. The first-order chi connectivity index (χ1) is 10.8. The molecule has 0 radical (unpaired) electrons. The topological polar surface area (TPSA) is 64.3 Å². The van der Waals surface area contributed by atoms with Crippen LogP contribution in [-0.2, 0) is 11.3 Å². The summed E-state index contributed by atoms with van der Waals surface area (Å²) >= 11 is 0. The molecule has 2 aliphatic rings. The van der Waals surface area contributed by atoms with Crippen LogP contribution in [0.25, 0.3) is 0 Å². The van der Waals surface area contributed by atoms with E-state index in [9.17, 15) is 0 Å². The molecule has 2 saturated heterocycles. The Morgan fingerprint density at radius 2 is 2.32 bits per heavy atom. The Morgan fingerprint density at radius 3 is 3.09 bits per heavy atom. The second-order valence-corrected chi connectivity index (χ2v) is 6.18. The monoisotopic (exact) mass is 300 g/mol. The first kappa shape index (κ1) is 13.8. The van der Waals surface area contributed by atoms with Crippen LogP contribution in [-0.4, -0.2) is 39.2 Å². The minimum absolute atomic E-state index is 0.0361. The Balaban J connectivity index is 1.39. The number of hydrogen-bond donors (Lipinski definition) is 0. The number of ether oxygens (including phenoxy) is 1. The molecule has 3 atom stereocenters. The van der Waals surface area contributed by atoms with Gasteiger partial charge >= 0.3 is 0 Å². The number of nitrogens with zero attached hydrogens (tertiary/aromatic N) is 4. The third-order valence-corrected chi connectivity index (χ3v) is 4.57. The van der Waals surface area contributed by atoms with Crippen molar-refractivity contribution in [2.75, 3.05) is 13.1 Å². The molecule has 0 aliphatic carbocycles. The second kappa shape index (κ2) is 5.78. The molecule has 0 spiro atoms. The summed E-state index contributed by atoms with van der Waals surface area (Å²) in [5, 5.41) is 3.86. The molecule has 4 heterocycles. The predicted molar refractivity (Wildman–Crippen MR) is 78.9 cm³/mol.